The van der Waals surface area contributed by atoms with Crippen LogP contribution in [0, 0.1) is 0 Å². The van der Waals surface area contributed by atoms with E-state index >= 15 is 0 Å². The van der Waals surface area contributed by atoms with Crippen molar-refractivity contribution in [1.29, 1.82) is 0 Å². The number of carbonyl (C=O) groups is 1. The molecule has 35 heavy (non-hydrogen) atoms. The Hall–Kier alpha value is -4.05. The number of rotatable bonds is 11. The molecule has 0 radical (unpaired) electrons. The predicted octanol–water partition coefficient (Wildman–Crippen LogP) is 3.20. The minimum Gasteiger partial charge on any atom is -0.497 e. The molecule has 0 heterocycles. The second-order valence-corrected chi connectivity index (χ2v) is 9.36. The van der Waals surface area contributed by atoms with Crippen LogP contribution in [0.25, 0.3) is 0 Å². The zero-order valence-corrected chi connectivity index (χ0v) is 20.5. The lowest BCUT2D eigenvalue weighted by Crippen LogP contribution is -2.39. The van der Waals surface area contributed by atoms with E-state index in [9.17, 15) is 13.2 Å². The second kappa shape index (κ2) is 11.9. The summed E-state index contributed by atoms with van der Waals surface area (Å²) in [6.07, 6.45) is 2.45. The number of nitrogens with one attached hydrogen (secondary N) is 1. The Kier molecular flexibility index (Phi) is 8.69. The Balaban J connectivity index is 1.63. The molecule has 0 unspecified atom stereocenters. The van der Waals surface area contributed by atoms with E-state index in [1.54, 1.807) is 36.4 Å². The molecule has 9 nitrogen and oxygen atoms in total. The van der Waals surface area contributed by atoms with Crippen LogP contribution >= 0.6 is 0 Å². The molecule has 184 valence electrons. The lowest BCUT2D eigenvalue weighted by atomic mass is 10.2. The van der Waals surface area contributed by atoms with Crippen molar-refractivity contribution >= 4 is 27.8 Å². The molecule has 0 aliphatic heterocycles. The molecular formula is C25H27N3O6S. The summed E-state index contributed by atoms with van der Waals surface area (Å²) in [5.41, 5.74) is 4.34. The number of benzene rings is 3. The molecule has 10 heteroatoms. The third-order valence-electron chi connectivity index (χ3n) is 4.86. The van der Waals surface area contributed by atoms with Gasteiger partial charge in [-0.25, -0.2) is 13.8 Å². The average Bonchev–Trinajstić information content (AvgIpc) is 2.86. The molecule has 0 aliphatic carbocycles. The Morgan fingerprint density at radius 1 is 0.971 bits per heavy atom. The van der Waals surface area contributed by atoms with Gasteiger partial charge in [-0.1, -0.05) is 36.4 Å². The Bertz CT molecular complexity index is 1280. The van der Waals surface area contributed by atoms with E-state index in [4.69, 9.17) is 14.2 Å². The van der Waals surface area contributed by atoms with Crippen molar-refractivity contribution < 1.29 is 27.4 Å². The van der Waals surface area contributed by atoms with Gasteiger partial charge >= 0.3 is 0 Å². The van der Waals surface area contributed by atoms with Crippen LogP contribution in [-0.2, 0) is 21.4 Å². The van der Waals surface area contributed by atoms with Gasteiger partial charge in [0.1, 0.15) is 18.9 Å². The first-order chi connectivity index (χ1) is 16.8. The topological polar surface area (TPSA) is 107 Å². The molecular weight excluding hydrogens is 470 g/mol. The largest absolute Gasteiger partial charge is 0.497 e. The Morgan fingerprint density at radius 3 is 2.43 bits per heavy atom. The fourth-order valence-electron chi connectivity index (χ4n) is 3.13. The van der Waals surface area contributed by atoms with Crippen LogP contribution in [0.1, 0.15) is 11.1 Å². The van der Waals surface area contributed by atoms with Gasteiger partial charge in [0.25, 0.3) is 5.91 Å². The maximum atomic E-state index is 12.4. The van der Waals surface area contributed by atoms with Gasteiger partial charge in [-0.3, -0.25) is 9.10 Å². The van der Waals surface area contributed by atoms with Crippen molar-refractivity contribution in [1.82, 2.24) is 5.43 Å². The highest BCUT2D eigenvalue weighted by Crippen LogP contribution is 2.28. The van der Waals surface area contributed by atoms with E-state index in [-0.39, 0.29) is 0 Å². The predicted molar refractivity (Wildman–Crippen MR) is 135 cm³/mol. The molecule has 0 bridgehead atoms. The summed E-state index contributed by atoms with van der Waals surface area (Å²) in [5, 5.41) is 3.94. The fourth-order valence-corrected chi connectivity index (χ4v) is 3.98. The van der Waals surface area contributed by atoms with Crippen molar-refractivity contribution in [2.75, 3.05) is 31.3 Å². The van der Waals surface area contributed by atoms with E-state index in [0.717, 1.165) is 16.1 Å². The summed E-state index contributed by atoms with van der Waals surface area (Å²) in [4.78, 5) is 12.4. The number of sulfonamides is 1. The molecule has 3 aromatic rings. The molecule has 3 aromatic carbocycles. The van der Waals surface area contributed by atoms with Crippen molar-refractivity contribution in [2.24, 2.45) is 5.10 Å². The normalized spacial score (nSPS) is 11.2. The number of methoxy groups -OCH3 is 2. The van der Waals surface area contributed by atoms with Gasteiger partial charge in [-0.2, -0.15) is 5.10 Å². The van der Waals surface area contributed by atoms with Crippen LogP contribution in [0.5, 0.6) is 17.2 Å². The maximum absolute atomic E-state index is 12.4. The molecule has 1 N–H and O–H groups in total. The summed E-state index contributed by atoms with van der Waals surface area (Å²) in [7, 11) is -0.712. The molecule has 0 atom stereocenters. The van der Waals surface area contributed by atoms with E-state index in [2.05, 4.69) is 10.5 Å². The molecule has 1 amide bonds. The number of carbonyl (C=O) groups excluding carboxylic acids is 1. The Morgan fingerprint density at radius 2 is 1.74 bits per heavy atom. The van der Waals surface area contributed by atoms with Crippen LogP contribution in [0.2, 0.25) is 0 Å². The molecule has 0 fully saturated rings. The second-order valence-electron chi connectivity index (χ2n) is 7.45. The van der Waals surface area contributed by atoms with E-state index in [0.29, 0.717) is 35.1 Å². The molecule has 3 rings (SSSR count). The van der Waals surface area contributed by atoms with E-state index < -0.39 is 22.5 Å². The van der Waals surface area contributed by atoms with Crippen molar-refractivity contribution in [3.8, 4) is 17.2 Å². The van der Waals surface area contributed by atoms with Gasteiger partial charge in [0, 0.05) is 6.07 Å². The first-order valence-corrected chi connectivity index (χ1v) is 12.4. The standard InChI is InChI=1S/C25H27N3O6S/c1-32-22-11-7-10-21(15-22)28(35(3,30)31)17-25(29)27-26-16-20-12-13-23(24(14-20)33-2)34-18-19-8-5-4-6-9-19/h4-16H,17-18H2,1-3H3,(H,27,29)/b26-16-. The van der Waals surface area contributed by atoms with E-state index in [1.165, 1.54) is 26.5 Å². The van der Waals surface area contributed by atoms with E-state index in [1.807, 2.05) is 30.3 Å². The number of anilines is 1. The first kappa shape index (κ1) is 25.6. The highest BCUT2D eigenvalue weighted by Gasteiger charge is 2.21. The van der Waals surface area contributed by atoms with Gasteiger partial charge in [0.05, 0.1) is 32.4 Å². The van der Waals surface area contributed by atoms with Gasteiger partial charge < -0.3 is 14.2 Å². The highest BCUT2D eigenvalue weighted by molar-refractivity contribution is 7.92. The number of amides is 1. The summed E-state index contributed by atoms with van der Waals surface area (Å²) in [6.45, 7) is -0.0518. The third-order valence-corrected chi connectivity index (χ3v) is 6.00. The summed E-state index contributed by atoms with van der Waals surface area (Å²) in [5.74, 6) is 0.945. The van der Waals surface area contributed by atoms with Crippen LogP contribution < -0.4 is 23.9 Å². The molecule has 0 spiro atoms. The summed E-state index contributed by atoms with van der Waals surface area (Å²) < 4.78 is 41.8. The third kappa shape index (κ3) is 7.47. The molecule has 0 aromatic heterocycles. The molecule has 0 saturated heterocycles. The van der Waals surface area contributed by atoms with Crippen LogP contribution in [0.15, 0.2) is 77.9 Å². The molecule has 0 aliphatic rings. The van der Waals surface area contributed by atoms with Gasteiger partial charge in [-0.05, 0) is 41.5 Å². The number of hydrogen-bond acceptors (Lipinski definition) is 7. The smallest absolute Gasteiger partial charge is 0.260 e. The van der Waals surface area contributed by atoms with Crippen molar-refractivity contribution in [3.63, 3.8) is 0 Å². The van der Waals surface area contributed by atoms with Crippen LogP contribution in [0.4, 0.5) is 5.69 Å². The van der Waals surface area contributed by atoms with Crippen LogP contribution in [0.3, 0.4) is 0 Å². The first-order valence-electron chi connectivity index (χ1n) is 10.6. The lowest BCUT2D eigenvalue weighted by molar-refractivity contribution is -0.119. The lowest BCUT2D eigenvalue weighted by Gasteiger charge is -2.21. The van der Waals surface area contributed by atoms with Crippen molar-refractivity contribution in [3.05, 3.63) is 83.9 Å². The Labute approximate surface area is 205 Å². The summed E-state index contributed by atoms with van der Waals surface area (Å²) in [6, 6.07) is 21.4. The number of nitrogens with zero attached hydrogens (tertiary/aromatic N) is 2. The minimum atomic E-state index is -3.72. The fraction of sp³-hybridized carbons (Fsp3) is 0.200. The maximum Gasteiger partial charge on any atom is 0.260 e. The minimum absolute atomic E-state index is 0.307. The van der Waals surface area contributed by atoms with Gasteiger partial charge in [0.15, 0.2) is 11.5 Å². The van der Waals surface area contributed by atoms with Crippen LogP contribution in [-0.4, -0.2) is 47.6 Å². The summed E-state index contributed by atoms with van der Waals surface area (Å²) >= 11 is 0. The monoisotopic (exact) mass is 497 g/mol. The SMILES string of the molecule is COc1cccc(N(CC(=O)N/N=C\c2ccc(OCc3ccccc3)c(OC)c2)S(C)(=O)=O)c1. The number of hydrogen-bond donors (Lipinski definition) is 1. The van der Waals surface area contributed by atoms with Gasteiger partial charge in [0.2, 0.25) is 10.0 Å². The average molecular weight is 498 g/mol. The quantitative estimate of drug-likeness (QED) is 0.322. The number of ether oxygens (including phenoxy) is 3. The zero-order valence-electron chi connectivity index (χ0n) is 19.7. The highest BCUT2D eigenvalue weighted by atomic mass is 32.2. The van der Waals surface area contributed by atoms with Crippen molar-refractivity contribution in [2.45, 2.75) is 6.61 Å². The number of hydrazone groups is 1. The molecule has 0 saturated carbocycles. The van der Waals surface area contributed by atoms with Gasteiger partial charge in [-0.15, -0.1) is 0 Å². The zero-order chi connectivity index (χ0) is 25.3.